The highest BCUT2D eigenvalue weighted by molar-refractivity contribution is 14.1. The number of nitrogens with zero attached hydrogens (tertiary/aromatic N) is 2. The van der Waals surface area contributed by atoms with Gasteiger partial charge in [0.2, 0.25) is 0 Å². The van der Waals surface area contributed by atoms with Crippen molar-refractivity contribution >= 4 is 28.4 Å². The minimum atomic E-state index is 0.695. The van der Waals surface area contributed by atoms with Crippen LogP contribution in [0.1, 0.15) is 43.6 Å². The molecule has 82 valence electrons. The zero-order chi connectivity index (χ0) is 10.8. The van der Waals surface area contributed by atoms with Crippen molar-refractivity contribution in [3.05, 3.63) is 15.1 Å². The van der Waals surface area contributed by atoms with Gasteiger partial charge in [0.05, 0.1) is 9.26 Å². The van der Waals surface area contributed by atoms with E-state index in [-0.39, 0.29) is 0 Å². The lowest BCUT2D eigenvalue weighted by atomic mass is 10.2. The van der Waals surface area contributed by atoms with E-state index < -0.39 is 0 Å². The predicted molar refractivity (Wildman–Crippen MR) is 70.2 cm³/mol. The van der Waals surface area contributed by atoms with E-state index in [9.17, 15) is 0 Å². The predicted octanol–water partition coefficient (Wildman–Crippen LogP) is 3.09. The quantitative estimate of drug-likeness (QED) is 0.867. The van der Waals surface area contributed by atoms with Gasteiger partial charge in [-0.15, -0.1) is 0 Å². The lowest BCUT2D eigenvalue weighted by Gasteiger charge is -2.10. The molecule has 1 fully saturated rings. The van der Waals surface area contributed by atoms with Gasteiger partial charge in [0, 0.05) is 12.5 Å². The van der Waals surface area contributed by atoms with Crippen LogP contribution >= 0.6 is 22.6 Å². The largest absolute Gasteiger partial charge is 0.369 e. The standard InChI is InChI=1S/C11H16IN3/c1-3-6-13-11-9(12)10(8-4-5-8)14-7(2)15-11/h8H,3-6H2,1-2H3,(H,13,14,15). The molecular weight excluding hydrogens is 301 g/mol. The minimum absolute atomic E-state index is 0.695. The first kappa shape index (κ1) is 11.1. The number of halogens is 1. The molecule has 2 rings (SSSR count). The maximum absolute atomic E-state index is 4.54. The average Bonchev–Trinajstić information content (AvgIpc) is 3.02. The summed E-state index contributed by atoms with van der Waals surface area (Å²) in [5.74, 6) is 2.60. The third kappa shape index (κ3) is 2.59. The van der Waals surface area contributed by atoms with Gasteiger partial charge in [-0.05, 0) is 48.8 Å². The van der Waals surface area contributed by atoms with Crippen molar-refractivity contribution in [2.75, 3.05) is 11.9 Å². The van der Waals surface area contributed by atoms with E-state index in [1.54, 1.807) is 0 Å². The second kappa shape index (κ2) is 4.63. The summed E-state index contributed by atoms with van der Waals surface area (Å²) in [7, 11) is 0. The molecule has 0 atom stereocenters. The monoisotopic (exact) mass is 317 g/mol. The van der Waals surface area contributed by atoms with Gasteiger partial charge in [0.15, 0.2) is 0 Å². The Labute approximate surface area is 104 Å². The summed E-state index contributed by atoms with van der Waals surface area (Å²) in [5.41, 5.74) is 1.25. The zero-order valence-corrected chi connectivity index (χ0v) is 11.3. The molecule has 0 aromatic carbocycles. The van der Waals surface area contributed by atoms with Crippen LogP contribution in [-0.2, 0) is 0 Å². The van der Waals surface area contributed by atoms with Gasteiger partial charge < -0.3 is 5.32 Å². The number of aryl methyl sites for hydroxylation is 1. The van der Waals surface area contributed by atoms with E-state index in [2.05, 4.69) is 44.8 Å². The topological polar surface area (TPSA) is 37.8 Å². The van der Waals surface area contributed by atoms with Gasteiger partial charge in [-0.1, -0.05) is 6.92 Å². The van der Waals surface area contributed by atoms with Crippen molar-refractivity contribution in [3.63, 3.8) is 0 Å². The Kier molecular flexibility index (Phi) is 3.43. The first-order valence-corrected chi connectivity index (χ1v) is 6.58. The molecule has 1 aliphatic carbocycles. The highest BCUT2D eigenvalue weighted by Gasteiger charge is 2.28. The second-order valence-electron chi connectivity index (χ2n) is 4.02. The fraction of sp³-hybridized carbons (Fsp3) is 0.636. The highest BCUT2D eigenvalue weighted by Crippen LogP contribution is 2.42. The zero-order valence-electron chi connectivity index (χ0n) is 9.18. The Morgan fingerprint density at radius 2 is 2.13 bits per heavy atom. The van der Waals surface area contributed by atoms with Crippen LogP contribution in [0.4, 0.5) is 5.82 Å². The molecule has 0 unspecified atom stereocenters. The lowest BCUT2D eigenvalue weighted by molar-refractivity contribution is 0.906. The van der Waals surface area contributed by atoms with Crippen molar-refractivity contribution in [1.29, 1.82) is 0 Å². The summed E-state index contributed by atoms with van der Waals surface area (Å²) in [6.07, 6.45) is 3.71. The lowest BCUT2D eigenvalue weighted by Crippen LogP contribution is -2.08. The van der Waals surface area contributed by atoms with Crippen LogP contribution in [-0.4, -0.2) is 16.5 Å². The van der Waals surface area contributed by atoms with Crippen molar-refractivity contribution < 1.29 is 0 Å². The van der Waals surface area contributed by atoms with Crippen LogP contribution in [0.3, 0.4) is 0 Å². The van der Waals surface area contributed by atoms with E-state index in [1.165, 1.54) is 22.1 Å². The summed E-state index contributed by atoms with van der Waals surface area (Å²) in [4.78, 5) is 9.00. The molecule has 3 nitrogen and oxygen atoms in total. The number of aromatic nitrogens is 2. The molecule has 1 aromatic heterocycles. The van der Waals surface area contributed by atoms with Gasteiger partial charge in [-0.2, -0.15) is 0 Å². The van der Waals surface area contributed by atoms with Gasteiger partial charge in [0.1, 0.15) is 11.6 Å². The van der Waals surface area contributed by atoms with Crippen molar-refractivity contribution in [2.45, 2.75) is 39.0 Å². The number of anilines is 1. The van der Waals surface area contributed by atoms with Crippen molar-refractivity contribution in [3.8, 4) is 0 Å². The summed E-state index contributed by atoms with van der Waals surface area (Å²) in [5, 5.41) is 3.37. The molecule has 1 saturated carbocycles. The number of rotatable bonds is 4. The molecule has 0 radical (unpaired) electrons. The molecule has 1 heterocycles. The fourth-order valence-corrected chi connectivity index (χ4v) is 2.44. The van der Waals surface area contributed by atoms with E-state index in [0.29, 0.717) is 5.92 Å². The Bertz CT molecular complexity index is 361. The second-order valence-corrected chi connectivity index (χ2v) is 5.10. The molecule has 0 bridgehead atoms. The number of hydrogen-bond donors (Lipinski definition) is 1. The van der Waals surface area contributed by atoms with Gasteiger partial charge >= 0.3 is 0 Å². The summed E-state index contributed by atoms with van der Waals surface area (Å²) >= 11 is 2.37. The Morgan fingerprint density at radius 3 is 2.73 bits per heavy atom. The molecule has 0 saturated heterocycles. The normalized spacial score (nSPS) is 15.4. The van der Waals surface area contributed by atoms with E-state index in [0.717, 1.165) is 24.6 Å². The van der Waals surface area contributed by atoms with Crippen LogP contribution in [0.2, 0.25) is 0 Å². The molecule has 1 aliphatic rings. The highest BCUT2D eigenvalue weighted by atomic mass is 127. The van der Waals surface area contributed by atoms with Crippen LogP contribution in [0.15, 0.2) is 0 Å². The molecule has 0 spiro atoms. The van der Waals surface area contributed by atoms with Crippen molar-refractivity contribution in [1.82, 2.24) is 9.97 Å². The van der Waals surface area contributed by atoms with Crippen LogP contribution in [0, 0.1) is 10.5 Å². The smallest absolute Gasteiger partial charge is 0.143 e. The Balaban J connectivity index is 2.27. The average molecular weight is 317 g/mol. The van der Waals surface area contributed by atoms with Crippen LogP contribution in [0.5, 0.6) is 0 Å². The summed E-state index contributed by atoms with van der Waals surface area (Å²) in [6, 6.07) is 0. The van der Waals surface area contributed by atoms with Gasteiger partial charge in [-0.3, -0.25) is 0 Å². The maximum atomic E-state index is 4.54. The summed E-state index contributed by atoms with van der Waals surface area (Å²) < 4.78 is 1.22. The molecule has 0 aliphatic heterocycles. The Hall–Kier alpha value is -0.390. The maximum Gasteiger partial charge on any atom is 0.143 e. The third-order valence-electron chi connectivity index (χ3n) is 2.50. The SMILES string of the molecule is CCCNc1nc(C)nc(C2CC2)c1I. The molecular formula is C11H16IN3. The van der Waals surface area contributed by atoms with E-state index in [1.807, 2.05) is 6.92 Å². The molecule has 15 heavy (non-hydrogen) atoms. The van der Waals surface area contributed by atoms with Gasteiger partial charge in [0.25, 0.3) is 0 Å². The first-order valence-electron chi connectivity index (χ1n) is 5.50. The first-order chi connectivity index (χ1) is 7.22. The molecule has 0 amide bonds. The van der Waals surface area contributed by atoms with Gasteiger partial charge in [-0.25, -0.2) is 9.97 Å². The summed E-state index contributed by atoms with van der Waals surface area (Å²) in [6.45, 7) is 5.12. The molecule has 4 heteroatoms. The molecule has 1 aromatic rings. The fourth-order valence-electron chi connectivity index (χ4n) is 1.57. The van der Waals surface area contributed by atoms with Crippen LogP contribution < -0.4 is 5.32 Å². The van der Waals surface area contributed by atoms with Crippen molar-refractivity contribution in [2.24, 2.45) is 0 Å². The van der Waals surface area contributed by atoms with Crippen LogP contribution in [0.25, 0.3) is 0 Å². The van der Waals surface area contributed by atoms with E-state index in [4.69, 9.17) is 0 Å². The number of nitrogens with one attached hydrogen (secondary N) is 1. The Morgan fingerprint density at radius 1 is 1.40 bits per heavy atom. The van der Waals surface area contributed by atoms with E-state index >= 15 is 0 Å². The molecule has 1 N–H and O–H groups in total. The minimum Gasteiger partial charge on any atom is -0.369 e. The number of hydrogen-bond acceptors (Lipinski definition) is 3. The third-order valence-corrected chi connectivity index (χ3v) is 3.56.